The van der Waals surface area contributed by atoms with Crippen molar-refractivity contribution in [2.24, 2.45) is 5.92 Å². The predicted octanol–water partition coefficient (Wildman–Crippen LogP) is 6.35. The molecule has 4 heterocycles. The van der Waals surface area contributed by atoms with Gasteiger partial charge in [-0.3, -0.25) is 14.3 Å². The van der Waals surface area contributed by atoms with Crippen LogP contribution < -0.4 is 24.9 Å². The maximum absolute atomic E-state index is 15.3. The standard InChI is InChI=1S/C45H50N6O6Si/c1-29-43(58(4,5)36-17-14-34(55-2)15-18-36)41(20-22-50-28-33(21-23-52)48-49-50)57-45(29)38-25-35(56-3)16-19-40(38)51(44(45)54)27-30-10-12-32(13-11-30)47-42(53)24-31-26-46-39-9-7-6-8-37(31)39/h6-19,25-26,28-29,41,43,46,52H,20-24,27H2,1-5H3,(H,47,53)/t29-,41+,43-,45+/m0/s1. The number of nitrogens with one attached hydrogen (secondary N) is 2. The van der Waals surface area contributed by atoms with Crippen molar-refractivity contribution in [1.82, 2.24) is 20.0 Å². The number of methoxy groups -OCH3 is 2. The summed E-state index contributed by atoms with van der Waals surface area (Å²) >= 11 is 0. The maximum atomic E-state index is 15.3. The number of aryl methyl sites for hydroxylation is 1. The third-order valence-corrected chi connectivity index (χ3v) is 16.6. The minimum atomic E-state index is -2.37. The van der Waals surface area contributed by atoms with Crippen LogP contribution in [0, 0.1) is 5.92 Å². The Bertz CT molecular complexity index is 2430. The number of para-hydroxylation sites is 1. The molecule has 0 bridgehead atoms. The molecule has 1 spiro atoms. The van der Waals surface area contributed by atoms with Crippen LogP contribution in [0.4, 0.5) is 11.4 Å². The van der Waals surface area contributed by atoms with Crippen molar-refractivity contribution in [1.29, 1.82) is 0 Å². The van der Waals surface area contributed by atoms with E-state index in [1.807, 2.05) is 96.2 Å². The number of hydrogen-bond acceptors (Lipinski definition) is 8. The van der Waals surface area contributed by atoms with E-state index in [9.17, 15) is 9.90 Å². The van der Waals surface area contributed by atoms with Gasteiger partial charge in [-0.15, -0.1) is 5.10 Å². The summed E-state index contributed by atoms with van der Waals surface area (Å²) in [5.74, 6) is 1.05. The Kier molecular flexibility index (Phi) is 10.7. The van der Waals surface area contributed by atoms with Crippen LogP contribution in [0.25, 0.3) is 10.9 Å². The van der Waals surface area contributed by atoms with Gasteiger partial charge in [0.05, 0.1) is 52.7 Å². The molecule has 0 saturated carbocycles. The molecule has 1 fully saturated rings. The SMILES string of the molecule is COc1ccc([Si](C)(C)[C@@H]2[C@@H](CCn3cc(CCO)nn3)O[C@]3(C(=O)N(Cc4ccc(NC(=O)Cc5c[nH]c6ccccc56)cc4)c4ccc(OC)cc43)[C@H]2C)cc1. The van der Waals surface area contributed by atoms with Crippen molar-refractivity contribution in [3.63, 3.8) is 0 Å². The third kappa shape index (κ3) is 7.07. The fraction of sp³-hybridized carbons (Fsp3) is 0.333. The number of ether oxygens (including phenoxy) is 3. The Labute approximate surface area is 339 Å². The average molecular weight is 799 g/mol. The summed E-state index contributed by atoms with van der Waals surface area (Å²) in [6.45, 7) is 7.78. The van der Waals surface area contributed by atoms with Crippen LogP contribution in [0.5, 0.6) is 11.5 Å². The van der Waals surface area contributed by atoms with E-state index in [0.29, 0.717) is 37.4 Å². The number of anilines is 2. The minimum absolute atomic E-state index is 0.00285. The summed E-state index contributed by atoms with van der Waals surface area (Å²) in [5.41, 5.74) is 4.65. The molecule has 4 aromatic carbocycles. The number of fused-ring (bicyclic) bond motifs is 3. The van der Waals surface area contributed by atoms with E-state index in [1.54, 1.807) is 18.9 Å². The maximum Gasteiger partial charge on any atom is 0.264 e. The van der Waals surface area contributed by atoms with Gasteiger partial charge in [-0.25, -0.2) is 0 Å². The van der Waals surface area contributed by atoms with Gasteiger partial charge in [0, 0.05) is 60.0 Å². The molecule has 12 nitrogen and oxygen atoms in total. The Morgan fingerprint density at radius 1 is 1.00 bits per heavy atom. The summed E-state index contributed by atoms with van der Waals surface area (Å²) in [5, 5.41) is 23.3. The lowest BCUT2D eigenvalue weighted by Crippen LogP contribution is -2.51. The first-order valence-corrected chi connectivity index (χ1v) is 22.9. The first kappa shape index (κ1) is 39.1. The Morgan fingerprint density at radius 2 is 1.74 bits per heavy atom. The summed E-state index contributed by atoms with van der Waals surface area (Å²) in [6.07, 6.45) is 4.78. The molecular weight excluding hydrogens is 749 g/mol. The van der Waals surface area contributed by atoms with Gasteiger partial charge in [-0.05, 0) is 71.6 Å². The van der Waals surface area contributed by atoms with E-state index in [-0.39, 0.29) is 42.4 Å². The fourth-order valence-corrected chi connectivity index (χ4v) is 13.4. The Morgan fingerprint density at radius 3 is 2.48 bits per heavy atom. The number of benzene rings is 4. The van der Waals surface area contributed by atoms with Crippen LogP contribution in [-0.2, 0) is 45.9 Å². The zero-order valence-corrected chi connectivity index (χ0v) is 34.6. The number of rotatable bonds is 14. The molecule has 0 aliphatic carbocycles. The van der Waals surface area contributed by atoms with Gasteiger partial charge in [0.25, 0.3) is 5.91 Å². The highest BCUT2D eigenvalue weighted by atomic mass is 28.3. The molecule has 6 aromatic rings. The number of nitrogens with zero attached hydrogens (tertiary/aromatic N) is 4. The van der Waals surface area contributed by atoms with Gasteiger partial charge in [0.15, 0.2) is 5.60 Å². The molecule has 0 unspecified atom stereocenters. The molecule has 2 aliphatic rings. The Hall–Kier alpha value is -5.76. The zero-order chi connectivity index (χ0) is 40.6. The molecule has 8 rings (SSSR count). The molecule has 4 atom stereocenters. The summed E-state index contributed by atoms with van der Waals surface area (Å²) in [6, 6.07) is 29.8. The number of carbonyl (C=O) groups is 2. The van der Waals surface area contributed by atoms with Gasteiger partial charge in [-0.1, -0.05) is 72.9 Å². The van der Waals surface area contributed by atoms with Crippen molar-refractivity contribution in [2.75, 3.05) is 31.0 Å². The summed E-state index contributed by atoms with van der Waals surface area (Å²) < 4.78 is 20.4. The van der Waals surface area contributed by atoms with E-state index >= 15 is 4.79 Å². The number of aromatic amines is 1. The summed E-state index contributed by atoms with van der Waals surface area (Å²) in [4.78, 5) is 33.4. The highest BCUT2D eigenvalue weighted by molar-refractivity contribution is 6.91. The molecular formula is C45H50N6O6Si. The molecule has 13 heteroatoms. The van der Waals surface area contributed by atoms with Crippen molar-refractivity contribution in [3.05, 3.63) is 126 Å². The summed E-state index contributed by atoms with van der Waals surface area (Å²) in [7, 11) is 0.938. The molecule has 2 aliphatic heterocycles. The second-order valence-corrected chi connectivity index (χ2v) is 20.6. The van der Waals surface area contributed by atoms with Gasteiger partial charge in [0.2, 0.25) is 5.91 Å². The highest BCUT2D eigenvalue weighted by Gasteiger charge is 2.66. The number of hydrogen-bond donors (Lipinski definition) is 3. The first-order valence-electron chi connectivity index (χ1n) is 19.8. The van der Waals surface area contributed by atoms with E-state index in [1.165, 1.54) is 5.19 Å². The van der Waals surface area contributed by atoms with Crippen LogP contribution >= 0.6 is 0 Å². The van der Waals surface area contributed by atoms with Gasteiger partial charge in [-0.2, -0.15) is 0 Å². The fourth-order valence-electron chi connectivity index (χ4n) is 9.31. The van der Waals surface area contributed by atoms with E-state index in [2.05, 4.69) is 52.8 Å². The number of aromatic nitrogens is 4. The lowest BCUT2D eigenvalue weighted by Gasteiger charge is -2.37. The second-order valence-electron chi connectivity index (χ2n) is 15.9. The quantitative estimate of drug-likeness (QED) is 0.108. The van der Waals surface area contributed by atoms with E-state index < -0.39 is 13.7 Å². The monoisotopic (exact) mass is 798 g/mol. The van der Waals surface area contributed by atoms with Crippen LogP contribution in [0.15, 0.2) is 103 Å². The third-order valence-electron chi connectivity index (χ3n) is 12.2. The van der Waals surface area contributed by atoms with Crippen LogP contribution in [0.3, 0.4) is 0 Å². The molecule has 3 N–H and O–H groups in total. The van der Waals surface area contributed by atoms with Gasteiger partial charge >= 0.3 is 0 Å². The second kappa shape index (κ2) is 15.9. The number of aliphatic hydroxyl groups is 1. The Balaban J connectivity index is 1.08. The lowest BCUT2D eigenvalue weighted by molar-refractivity contribution is -0.146. The van der Waals surface area contributed by atoms with Crippen LogP contribution in [0.2, 0.25) is 18.6 Å². The smallest absolute Gasteiger partial charge is 0.264 e. The first-order chi connectivity index (χ1) is 28.0. The van der Waals surface area contributed by atoms with Crippen molar-refractivity contribution < 1.29 is 28.9 Å². The minimum Gasteiger partial charge on any atom is -0.497 e. The van der Waals surface area contributed by atoms with Gasteiger partial charge < -0.3 is 34.5 Å². The highest BCUT2D eigenvalue weighted by Crippen LogP contribution is 2.60. The van der Waals surface area contributed by atoms with Crippen molar-refractivity contribution in [2.45, 2.75) is 69.6 Å². The van der Waals surface area contributed by atoms with Crippen molar-refractivity contribution in [3.8, 4) is 11.5 Å². The predicted molar refractivity (Wildman–Crippen MR) is 226 cm³/mol. The molecule has 300 valence electrons. The topological polar surface area (TPSA) is 144 Å². The zero-order valence-electron chi connectivity index (χ0n) is 33.6. The number of amides is 2. The van der Waals surface area contributed by atoms with Crippen LogP contribution in [0.1, 0.15) is 35.7 Å². The van der Waals surface area contributed by atoms with E-state index in [0.717, 1.165) is 44.7 Å². The normalized spacial score (nSPS) is 20.2. The lowest BCUT2D eigenvalue weighted by atomic mass is 9.82. The molecule has 1 saturated heterocycles. The van der Waals surface area contributed by atoms with Crippen molar-refractivity contribution >= 4 is 47.4 Å². The molecule has 2 amide bonds. The molecule has 58 heavy (non-hydrogen) atoms. The number of carbonyl (C=O) groups excluding carboxylic acids is 2. The number of H-pyrrole nitrogens is 1. The van der Waals surface area contributed by atoms with Crippen LogP contribution in [-0.4, -0.2) is 71.9 Å². The average Bonchev–Trinajstić information content (AvgIpc) is 3.99. The molecule has 0 radical (unpaired) electrons. The van der Waals surface area contributed by atoms with E-state index in [4.69, 9.17) is 14.2 Å². The largest absolute Gasteiger partial charge is 0.497 e. The molecule has 2 aromatic heterocycles. The van der Waals surface area contributed by atoms with Gasteiger partial charge in [0.1, 0.15) is 11.5 Å². The number of aliphatic hydroxyl groups excluding tert-OH is 1.